The van der Waals surface area contributed by atoms with Crippen molar-refractivity contribution >= 4 is 32.7 Å². The number of amides is 1. The Kier molecular flexibility index (Phi) is 6.85. The van der Waals surface area contributed by atoms with E-state index in [1.165, 1.54) is 11.8 Å². The summed E-state index contributed by atoms with van der Waals surface area (Å²) in [4.78, 5) is 19.2. The van der Waals surface area contributed by atoms with E-state index < -0.39 is 9.84 Å². The molecule has 0 aromatic heterocycles. The Morgan fingerprint density at radius 1 is 1.00 bits per heavy atom. The number of carbonyl (C=O) groups is 1. The van der Waals surface area contributed by atoms with Gasteiger partial charge in [-0.15, -0.1) is 0 Å². The fourth-order valence-corrected chi connectivity index (χ4v) is 8.03. The lowest BCUT2D eigenvalue weighted by atomic mass is 10.1. The highest BCUT2D eigenvalue weighted by molar-refractivity contribution is 8.15. The number of rotatable bonds is 7. The van der Waals surface area contributed by atoms with E-state index in [-0.39, 0.29) is 35.1 Å². The number of carbonyl (C=O) groups excluding carboxylic acids is 1. The van der Waals surface area contributed by atoms with Gasteiger partial charge >= 0.3 is 0 Å². The zero-order valence-electron chi connectivity index (χ0n) is 18.7. The third-order valence-electron chi connectivity index (χ3n) is 5.71. The Morgan fingerprint density at radius 2 is 1.70 bits per heavy atom. The minimum absolute atomic E-state index is 0.0731. The second-order valence-electron chi connectivity index (χ2n) is 7.93. The normalized spacial score (nSPS) is 22.3. The molecule has 4 rings (SSSR count). The molecular formula is C23H26N2O6S2. The van der Waals surface area contributed by atoms with Crippen LogP contribution in [0.2, 0.25) is 0 Å². The zero-order chi connectivity index (χ0) is 23.6. The summed E-state index contributed by atoms with van der Waals surface area (Å²) in [6.07, 6.45) is 0.106. The van der Waals surface area contributed by atoms with E-state index in [1.807, 2.05) is 29.2 Å². The quantitative estimate of drug-likeness (QED) is 0.585. The van der Waals surface area contributed by atoms with Crippen LogP contribution in [0.25, 0.3) is 0 Å². The Labute approximate surface area is 197 Å². The molecule has 0 N–H and O–H groups in total. The second kappa shape index (κ2) is 9.64. The lowest BCUT2D eigenvalue weighted by molar-refractivity contribution is -0.117. The molecule has 2 atom stereocenters. The number of hydrogen-bond acceptors (Lipinski definition) is 7. The predicted molar refractivity (Wildman–Crippen MR) is 128 cm³/mol. The molecule has 0 radical (unpaired) electrons. The summed E-state index contributed by atoms with van der Waals surface area (Å²) < 4.78 is 40.2. The van der Waals surface area contributed by atoms with Crippen LogP contribution in [0.1, 0.15) is 11.1 Å². The molecule has 2 aliphatic rings. The molecule has 1 amide bonds. The van der Waals surface area contributed by atoms with Gasteiger partial charge in [0.25, 0.3) is 5.91 Å². The van der Waals surface area contributed by atoms with E-state index in [9.17, 15) is 13.2 Å². The van der Waals surface area contributed by atoms with Crippen LogP contribution >= 0.6 is 11.8 Å². The van der Waals surface area contributed by atoms with Gasteiger partial charge in [0.15, 0.2) is 26.5 Å². The summed E-state index contributed by atoms with van der Waals surface area (Å²) in [6.45, 7) is 0.468. The zero-order valence-corrected chi connectivity index (χ0v) is 20.3. The van der Waals surface area contributed by atoms with Crippen LogP contribution < -0.4 is 14.2 Å². The average molecular weight is 491 g/mol. The van der Waals surface area contributed by atoms with Crippen LogP contribution in [0.3, 0.4) is 0 Å². The maximum atomic E-state index is 12.8. The predicted octanol–water partition coefficient (Wildman–Crippen LogP) is 2.55. The van der Waals surface area contributed by atoms with Gasteiger partial charge in [0.1, 0.15) is 5.75 Å². The first kappa shape index (κ1) is 23.4. The fraction of sp³-hybridized carbons (Fsp3) is 0.391. The van der Waals surface area contributed by atoms with Crippen molar-refractivity contribution < 1.29 is 27.4 Å². The Hall–Kier alpha value is -2.72. The van der Waals surface area contributed by atoms with Crippen molar-refractivity contribution in [3.05, 3.63) is 53.6 Å². The number of fused-ring (bicyclic) bond motifs is 1. The molecule has 2 aromatic rings. The number of methoxy groups -OCH3 is 3. The van der Waals surface area contributed by atoms with Gasteiger partial charge in [0.05, 0.1) is 45.3 Å². The number of ether oxygens (including phenoxy) is 3. The van der Waals surface area contributed by atoms with Crippen molar-refractivity contribution in [3.63, 3.8) is 0 Å². The van der Waals surface area contributed by atoms with E-state index in [1.54, 1.807) is 39.5 Å². The van der Waals surface area contributed by atoms with E-state index in [0.29, 0.717) is 23.2 Å². The van der Waals surface area contributed by atoms with Crippen molar-refractivity contribution in [1.82, 2.24) is 4.90 Å². The van der Waals surface area contributed by atoms with Crippen LogP contribution in [0, 0.1) is 0 Å². The lowest BCUT2D eigenvalue weighted by Crippen LogP contribution is -2.37. The standard InChI is InChI=1S/C23H26N2O6S2/c1-29-17-7-4-15(5-8-17)12-25-18-13-33(27,28)14-21(18)32-23(25)24-22(26)11-16-6-9-19(30-2)20(10-16)31-3/h4-10,18,21H,11-14H2,1-3H3/t18-,21-/m0/s1. The molecule has 2 aliphatic heterocycles. The summed E-state index contributed by atoms with van der Waals surface area (Å²) in [5, 5.41) is 0.446. The maximum Gasteiger partial charge on any atom is 0.252 e. The Bertz CT molecular complexity index is 1160. The SMILES string of the molecule is COc1ccc(CN2C(=NC(=O)Cc3ccc(OC)c(OC)c3)S[C@H]3CS(=O)(=O)C[C@@H]32)cc1. The summed E-state index contributed by atoms with van der Waals surface area (Å²) in [5.74, 6) is 1.76. The minimum atomic E-state index is -3.10. The number of aliphatic imine (C=N–C) groups is 1. The van der Waals surface area contributed by atoms with Crippen molar-refractivity contribution in [1.29, 1.82) is 0 Å². The molecule has 2 aromatic carbocycles. The molecule has 2 heterocycles. The monoisotopic (exact) mass is 490 g/mol. The van der Waals surface area contributed by atoms with Crippen LogP contribution in [-0.4, -0.2) is 68.5 Å². The average Bonchev–Trinajstić information content (AvgIpc) is 3.25. The molecule has 8 nitrogen and oxygen atoms in total. The summed E-state index contributed by atoms with van der Waals surface area (Å²) in [5.41, 5.74) is 1.75. The molecule has 0 aliphatic carbocycles. The summed E-state index contributed by atoms with van der Waals surface area (Å²) >= 11 is 1.38. The number of sulfone groups is 1. The van der Waals surface area contributed by atoms with Gasteiger partial charge in [0, 0.05) is 11.8 Å². The van der Waals surface area contributed by atoms with Crippen LogP contribution in [0.5, 0.6) is 17.2 Å². The number of hydrogen-bond donors (Lipinski definition) is 0. The van der Waals surface area contributed by atoms with Crippen LogP contribution in [0.4, 0.5) is 0 Å². The smallest absolute Gasteiger partial charge is 0.252 e. The van der Waals surface area contributed by atoms with Gasteiger partial charge in [-0.25, -0.2) is 8.42 Å². The molecule has 0 saturated carbocycles. The Morgan fingerprint density at radius 3 is 2.36 bits per heavy atom. The number of nitrogens with zero attached hydrogens (tertiary/aromatic N) is 2. The van der Waals surface area contributed by atoms with E-state index >= 15 is 0 Å². The van der Waals surface area contributed by atoms with E-state index in [4.69, 9.17) is 14.2 Å². The van der Waals surface area contributed by atoms with Gasteiger partial charge in [-0.1, -0.05) is 30.0 Å². The van der Waals surface area contributed by atoms with E-state index in [2.05, 4.69) is 4.99 Å². The molecule has 176 valence electrons. The minimum Gasteiger partial charge on any atom is -0.497 e. The summed E-state index contributed by atoms with van der Waals surface area (Å²) in [6, 6.07) is 12.7. The molecular weight excluding hydrogens is 464 g/mol. The Balaban J connectivity index is 1.55. The first-order valence-electron chi connectivity index (χ1n) is 10.4. The van der Waals surface area contributed by atoms with Gasteiger partial charge < -0.3 is 19.1 Å². The van der Waals surface area contributed by atoms with Crippen molar-refractivity contribution in [2.24, 2.45) is 4.99 Å². The first-order chi connectivity index (χ1) is 15.8. The van der Waals surface area contributed by atoms with Gasteiger partial charge in [-0.05, 0) is 35.4 Å². The second-order valence-corrected chi connectivity index (χ2v) is 11.3. The molecule has 0 spiro atoms. The molecule has 2 fully saturated rings. The topological polar surface area (TPSA) is 94.5 Å². The highest BCUT2D eigenvalue weighted by Gasteiger charge is 2.48. The van der Waals surface area contributed by atoms with Crippen molar-refractivity contribution in [2.75, 3.05) is 32.8 Å². The maximum absolute atomic E-state index is 12.8. The van der Waals surface area contributed by atoms with Gasteiger partial charge in [-0.3, -0.25) is 4.79 Å². The molecule has 0 unspecified atom stereocenters. The fourth-order valence-electron chi connectivity index (χ4n) is 4.06. The molecule has 33 heavy (non-hydrogen) atoms. The molecule has 10 heteroatoms. The van der Waals surface area contributed by atoms with Gasteiger partial charge in [0.2, 0.25) is 0 Å². The summed E-state index contributed by atoms with van der Waals surface area (Å²) in [7, 11) is 1.60. The van der Waals surface area contributed by atoms with Crippen LogP contribution in [-0.2, 0) is 27.6 Å². The highest BCUT2D eigenvalue weighted by Crippen LogP contribution is 2.39. The first-order valence-corrected chi connectivity index (χ1v) is 13.1. The van der Waals surface area contributed by atoms with Crippen molar-refractivity contribution in [3.8, 4) is 17.2 Å². The molecule has 0 bridgehead atoms. The molecule has 2 saturated heterocycles. The number of thioether (sulfide) groups is 1. The lowest BCUT2D eigenvalue weighted by Gasteiger charge is -2.24. The third-order valence-corrected chi connectivity index (χ3v) is 8.96. The highest BCUT2D eigenvalue weighted by atomic mass is 32.2. The van der Waals surface area contributed by atoms with Crippen LogP contribution in [0.15, 0.2) is 47.5 Å². The number of benzene rings is 2. The van der Waals surface area contributed by atoms with Crippen molar-refractivity contribution in [2.45, 2.75) is 24.3 Å². The number of amidine groups is 1. The van der Waals surface area contributed by atoms with Gasteiger partial charge in [-0.2, -0.15) is 4.99 Å². The largest absolute Gasteiger partial charge is 0.497 e. The third kappa shape index (κ3) is 5.27. The van der Waals surface area contributed by atoms with E-state index in [0.717, 1.165) is 16.9 Å².